The molecule has 1 amide bonds. The lowest BCUT2D eigenvalue weighted by Crippen LogP contribution is -2.28. The molecule has 0 saturated carbocycles. The number of aromatic nitrogens is 3. The number of hydrogen-bond acceptors (Lipinski definition) is 8. The van der Waals surface area contributed by atoms with E-state index in [0.717, 1.165) is 25.2 Å². The zero-order chi connectivity index (χ0) is 24.1. The third kappa shape index (κ3) is 8.64. The zero-order valence-corrected chi connectivity index (χ0v) is 20.4. The number of benzene rings is 1. The monoisotopic (exact) mass is 463 g/mol. The van der Waals surface area contributed by atoms with E-state index >= 15 is 0 Å². The SMILES string of the molecule is CCOC(Cn1cc(C(=O)NCc2ccc(OCCN(CC)CC)c(OC)c2)nn1)OCC. The van der Waals surface area contributed by atoms with Crippen molar-refractivity contribution in [2.24, 2.45) is 0 Å². The summed E-state index contributed by atoms with van der Waals surface area (Å²) in [5, 5.41) is 10.8. The highest BCUT2D eigenvalue weighted by Crippen LogP contribution is 2.28. The lowest BCUT2D eigenvalue weighted by Gasteiger charge is -2.19. The maximum Gasteiger partial charge on any atom is 0.273 e. The lowest BCUT2D eigenvalue weighted by atomic mass is 10.2. The molecule has 0 unspecified atom stereocenters. The van der Waals surface area contributed by atoms with E-state index in [1.165, 1.54) is 4.68 Å². The number of likely N-dealkylation sites (N-methyl/N-ethyl adjacent to an activating group) is 1. The van der Waals surface area contributed by atoms with Gasteiger partial charge in [0.25, 0.3) is 5.91 Å². The summed E-state index contributed by atoms with van der Waals surface area (Å²) in [4.78, 5) is 14.8. The maximum absolute atomic E-state index is 12.5. The average Bonchev–Trinajstić information content (AvgIpc) is 3.29. The molecule has 0 bridgehead atoms. The molecule has 1 N–H and O–H groups in total. The van der Waals surface area contributed by atoms with E-state index < -0.39 is 6.29 Å². The molecular formula is C23H37N5O5. The van der Waals surface area contributed by atoms with E-state index in [4.69, 9.17) is 18.9 Å². The smallest absolute Gasteiger partial charge is 0.273 e. The van der Waals surface area contributed by atoms with Crippen molar-refractivity contribution in [2.45, 2.75) is 47.1 Å². The first kappa shape index (κ1) is 26.6. The Kier molecular flexibility index (Phi) is 11.6. The fourth-order valence-electron chi connectivity index (χ4n) is 3.21. The molecule has 10 heteroatoms. The number of nitrogens with one attached hydrogen (secondary N) is 1. The number of hydrogen-bond donors (Lipinski definition) is 1. The fraction of sp³-hybridized carbons (Fsp3) is 0.609. The highest BCUT2D eigenvalue weighted by atomic mass is 16.7. The standard InChI is InChI=1S/C23H37N5O5/c1-6-27(7-2)12-13-33-20-11-10-18(14-21(20)30-5)15-24-23(29)19-16-28(26-25-19)17-22(31-8-3)32-9-4/h10-11,14,16,22H,6-9,12-13,15,17H2,1-5H3,(H,24,29). The summed E-state index contributed by atoms with van der Waals surface area (Å²) >= 11 is 0. The normalized spacial score (nSPS) is 11.2. The van der Waals surface area contributed by atoms with Gasteiger partial charge in [-0.25, -0.2) is 4.68 Å². The molecule has 0 aliphatic heterocycles. The largest absolute Gasteiger partial charge is 0.493 e. The van der Waals surface area contributed by atoms with Gasteiger partial charge in [0.2, 0.25) is 0 Å². The van der Waals surface area contributed by atoms with Crippen LogP contribution >= 0.6 is 0 Å². The van der Waals surface area contributed by atoms with Crippen LogP contribution in [0, 0.1) is 0 Å². The van der Waals surface area contributed by atoms with E-state index in [-0.39, 0.29) is 11.6 Å². The van der Waals surface area contributed by atoms with E-state index in [0.29, 0.717) is 44.4 Å². The van der Waals surface area contributed by atoms with Gasteiger partial charge in [-0.15, -0.1) is 5.10 Å². The van der Waals surface area contributed by atoms with Crippen molar-refractivity contribution in [3.8, 4) is 11.5 Å². The first-order chi connectivity index (χ1) is 16.0. The molecule has 0 spiro atoms. The molecule has 2 rings (SSSR count). The number of carbonyl (C=O) groups excluding carboxylic acids is 1. The zero-order valence-electron chi connectivity index (χ0n) is 20.4. The second kappa shape index (κ2) is 14.5. The number of amides is 1. The predicted octanol–water partition coefficient (Wildman–Crippen LogP) is 2.34. The molecule has 1 heterocycles. The molecule has 184 valence electrons. The topological polar surface area (TPSA) is 100.0 Å². The quantitative estimate of drug-likeness (QED) is 0.379. The van der Waals surface area contributed by atoms with Gasteiger partial charge in [0.15, 0.2) is 23.5 Å². The van der Waals surface area contributed by atoms with E-state index in [9.17, 15) is 4.79 Å². The summed E-state index contributed by atoms with van der Waals surface area (Å²) in [6, 6.07) is 5.63. The molecule has 1 aromatic heterocycles. The van der Waals surface area contributed by atoms with Crippen molar-refractivity contribution in [3.63, 3.8) is 0 Å². The fourth-order valence-corrected chi connectivity index (χ4v) is 3.21. The van der Waals surface area contributed by atoms with Gasteiger partial charge in [-0.1, -0.05) is 25.1 Å². The van der Waals surface area contributed by atoms with E-state index in [1.54, 1.807) is 13.3 Å². The Balaban J connectivity index is 1.90. The summed E-state index contributed by atoms with van der Waals surface area (Å²) in [6.07, 6.45) is 1.14. The van der Waals surface area contributed by atoms with Crippen molar-refractivity contribution in [1.29, 1.82) is 0 Å². The third-order valence-electron chi connectivity index (χ3n) is 5.05. The van der Waals surface area contributed by atoms with Crippen molar-refractivity contribution in [1.82, 2.24) is 25.2 Å². The summed E-state index contributed by atoms with van der Waals surface area (Å²) in [6.45, 7) is 13.2. The molecule has 0 atom stereocenters. The van der Waals surface area contributed by atoms with Crippen LogP contribution in [-0.2, 0) is 22.6 Å². The highest BCUT2D eigenvalue weighted by molar-refractivity contribution is 5.91. The summed E-state index contributed by atoms with van der Waals surface area (Å²) in [7, 11) is 1.60. The Morgan fingerprint density at radius 1 is 1.12 bits per heavy atom. The molecule has 10 nitrogen and oxygen atoms in total. The number of nitrogens with zero attached hydrogens (tertiary/aromatic N) is 4. The first-order valence-corrected chi connectivity index (χ1v) is 11.5. The Hall–Kier alpha value is -2.69. The van der Waals surface area contributed by atoms with Crippen LogP contribution in [0.5, 0.6) is 11.5 Å². The van der Waals surface area contributed by atoms with Crippen LogP contribution in [0.2, 0.25) is 0 Å². The van der Waals surface area contributed by atoms with Gasteiger partial charge in [-0.05, 0) is 44.6 Å². The van der Waals surface area contributed by atoms with E-state index in [2.05, 4.69) is 34.4 Å². The van der Waals surface area contributed by atoms with Crippen LogP contribution in [0.25, 0.3) is 0 Å². The van der Waals surface area contributed by atoms with Gasteiger partial charge in [-0.3, -0.25) is 4.79 Å². The number of methoxy groups -OCH3 is 1. The molecule has 1 aromatic carbocycles. The molecule has 0 aliphatic rings. The van der Waals surface area contributed by atoms with Crippen LogP contribution in [0.4, 0.5) is 0 Å². The average molecular weight is 464 g/mol. The van der Waals surface area contributed by atoms with Gasteiger partial charge in [-0.2, -0.15) is 0 Å². The predicted molar refractivity (Wildman–Crippen MR) is 125 cm³/mol. The first-order valence-electron chi connectivity index (χ1n) is 11.5. The summed E-state index contributed by atoms with van der Waals surface area (Å²) < 4.78 is 23.9. The Labute approximate surface area is 196 Å². The second-order valence-corrected chi connectivity index (χ2v) is 7.21. The third-order valence-corrected chi connectivity index (χ3v) is 5.05. The number of rotatable bonds is 16. The molecule has 33 heavy (non-hydrogen) atoms. The minimum absolute atomic E-state index is 0.227. The van der Waals surface area contributed by atoms with Gasteiger partial charge in [0.1, 0.15) is 6.61 Å². The van der Waals surface area contributed by atoms with Crippen LogP contribution in [0.3, 0.4) is 0 Å². The maximum atomic E-state index is 12.5. The minimum Gasteiger partial charge on any atom is -0.493 e. The Morgan fingerprint density at radius 3 is 2.48 bits per heavy atom. The molecule has 2 aromatic rings. The molecule has 0 fully saturated rings. The molecular weight excluding hydrogens is 426 g/mol. The molecule has 0 radical (unpaired) electrons. The Bertz CT molecular complexity index is 834. The van der Waals surface area contributed by atoms with Gasteiger partial charge in [0.05, 0.1) is 19.9 Å². The minimum atomic E-state index is -0.433. The molecule has 0 aliphatic carbocycles. The van der Waals surface area contributed by atoms with Crippen molar-refractivity contribution < 1.29 is 23.7 Å². The van der Waals surface area contributed by atoms with Crippen LogP contribution in [0.15, 0.2) is 24.4 Å². The van der Waals surface area contributed by atoms with Gasteiger partial charge < -0.3 is 29.2 Å². The van der Waals surface area contributed by atoms with Crippen molar-refractivity contribution >= 4 is 5.91 Å². The van der Waals surface area contributed by atoms with Crippen LogP contribution in [0.1, 0.15) is 43.7 Å². The van der Waals surface area contributed by atoms with E-state index in [1.807, 2.05) is 32.0 Å². The number of carbonyl (C=O) groups is 1. The lowest BCUT2D eigenvalue weighted by molar-refractivity contribution is -0.145. The van der Waals surface area contributed by atoms with Crippen molar-refractivity contribution in [2.75, 3.05) is 46.6 Å². The van der Waals surface area contributed by atoms with Gasteiger partial charge in [0, 0.05) is 26.3 Å². The van der Waals surface area contributed by atoms with Gasteiger partial charge >= 0.3 is 0 Å². The summed E-state index contributed by atoms with van der Waals surface area (Å²) in [5.74, 6) is 0.995. The molecule has 0 saturated heterocycles. The number of ether oxygens (including phenoxy) is 4. The highest BCUT2D eigenvalue weighted by Gasteiger charge is 2.15. The van der Waals surface area contributed by atoms with Crippen molar-refractivity contribution in [3.05, 3.63) is 35.7 Å². The van der Waals surface area contributed by atoms with Crippen LogP contribution in [-0.4, -0.2) is 78.7 Å². The second-order valence-electron chi connectivity index (χ2n) is 7.21. The summed E-state index contributed by atoms with van der Waals surface area (Å²) in [5.41, 5.74) is 1.11. The van der Waals surface area contributed by atoms with Crippen LogP contribution < -0.4 is 14.8 Å². The Morgan fingerprint density at radius 2 is 1.85 bits per heavy atom.